The monoisotopic (exact) mass is 352 g/mol. The van der Waals surface area contributed by atoms with E-state index in [9.17, 15) is 9.18 Å². The van der Waals surface area contributed by atoms with Crippen molar-refractivity contribution in [3.8, 4) is 0 Å². The van der Waals surface area contributed by atoms with Gasteiger partial charge in [0.1, 0.15) is 5.82 Å². The third-order valence-electron chi connectivity index (χ3n) is 3.00. The van der Waals surface area contributed by atoms with Crippen LogP contribution in [0.1, 0.15) is 15.9 Å². The van der Waals surface area contributed by atoms with Crippen LogP contribution >= 0.6 is 15.9 Å². The molecule has 0 radical (unpaired) electrons. The summed E-state index contributed by atoms with van der Waals surface area (Å²) >= 11 is 3.14. The zero-order chi connectivity index (χ0) is 15.6. The number of nitrogen functional groups attached to an aromatic ring is 1. The summed E-state index contributed by atoms with van der Waals surface area (Å²) in [6.07, 6.45) is 0. The van der Waals surface area contributed by atoms with Crippen LogP contribution in [0.15, 0.2) is 34.8 Å². The maximum atomic E-state index is 13.4. The van der Waals surface area contributed by atoms with Crippen LogP contribution in [0.2, 0.25) is 0 Å². The molecule has 21 heavy (non-hydrogen) atoms. The van der Waals surface area contributed by atoms with E-state index >= 15 is 0 Å². The molecular weight excluding hydrogens is 339 g/mol. The second-order valence-electron chi connectivity index (χ2n) is 4.50. The summed E-state index contributed by atoms with van der Waals surface area (Å²) in [7, 11) is 1.29. The highest BCUT2D eigenvalue weighted by Gasteiger charge is 2.12. The largest absolute Gasteiger partial charge is 0.465 e. The Bertz CT molecular complexity index is 704. The molecule has 0 aromatic heterocycles. The van der Waals surface area contributed by atoms with Crippen LogP contribution < -0.4 is 11.1 Å². The topological polar surface area (TPSA) is 64.3 Å². The first-order chi connectivity index (χ1) is 9.92. The van der Waals surface area contributed by atoms with Gasteiger partial charge in [0.05, 0.1) is 17.1 Å². The number of hydrogen-bond acceptors (Lipinski definition) is 4. The second-order valence-corrected chi connectivity index (χ2v) is 5.35. The van der Waals surface area contributed by atoms with E-state index in [0.717, 1.165) is 11.3 Å². The van der Waals surface area contributed by atoms with Crippen LogP contribution in [-0.2, 0) is 4.74 Å². The van der Waals surface area contributed by atoms with Crippen LogP contribution in [0.25, 0.3) is 0 Å². The Morgan fingerprint density at radius 2 is 2.05 bits per heavy atom. The number of ether oxygens (including phenoxy) is 1. The molecule has 0 atom stereocenters. The number of nitrogens with one attached hydrogen (secondary N) is 1. The highest BCUT2D eigenvalue weighted by molar-refractivity contribution is 9.10. The zero-order valence-electron chi connectivity index (χ0n) is 11.5. The molecule has 110 valence electrons. The number of aryl methyl sites for hydroxylation is 1. The fourth-order valence-corrected chi connectivity index (χ4v) is 2.20. The number of anilines is 3. The van der Waals surface area contributed by atoms with Crippen LogP contribution in [0.4, 0.5) is 21.5 Å². The summed E-state index contributed by atoms with van der Waals surface area (Å²) in [4.78, 5) is 11.6. The predicted molar refractivity (Wildman–Crippen MR) is 84.3 cm³/mol. The Balaban J connectivity index is 2.36. The molecule has 0 aliphatic rings. The van der Waals surface area contributed by atoms with E-state index in [1.807, 2.05) is 0 Å². The zero-order valence-corrected chi connectivity index (χ0v) is 13.1. The Kier molecular flexibility index (Phi) is 4.47. The number of halogens is 2. The van der Waals surface area contributed by atoms with Gasteiger partial charge < -0.3 is 15.8 Å². The first kappa shape index (κ1) is 15.3. The van der Waals surface area contributed by atoms with Gasteiger partial charge in [0, 0.05) is 17.1 Å². The molecule has 0 aliphatic heterocycles. The van der Waals surface area contributed by atoms with Crippen molar-refractivity contribution >= 4 is 39.0 Å². The van der Waals surface area contributed by atoms with Gasteiger partial charge in [-0.25, -0.2) is 9.18 Å². The fraction of sp³-hybridized carbons (Fsp3) is 0.133. The molecule has 0 aliphatic carbocycles. The van der Waals surface area contributed by atoms with Crippen LogP contribution in [0.3, 0.4) is 0 Å². The van der Waals surface area contributed by atoms with Gasteiger partial charge in [0.25, 0.3) is 0 Å². The van der Waals surface area contributed by atoms with Crippen molar-refractivity contribution < 1.29 is 13.9 Å². The lowest BCUT2D eigenvalue weighted by Gasteiger charge is -2.12. The molecule has 4 nitrogen and oxygen atoms in total. The van der Waals surface area contributed by atoms with Crippen molar-refractivity contribution in [2.75, 3.05) is 18.2 Å². The Hall–Kier alpha value is -2.08. The van der Waals surface area contributed by atoms with Crippen LogP contribution in [-0.4, -0.2) is 13.1 Å². The highest BCUT2D eigenvalue weighted by atomic mass is 79.9. The Morgan fingerprint density at radius 3 is 2.71 bits per heavy atom. The summed E-state index contributed by atoms with van der Waals surface area (Å²) in [6.45, 7) is 1.79. The summed E-state index contributed by atoms with van der Waals surface area (Å²) < 4.78 is 18.5. The van der Waals surface area contributed by atoms with E-state index in [0.29, 0.717) is 15.8 Å². The molecule has 0 bridgehead atoms. The summed E-state index contributed by atoms with van der Waals surface area (Å²) in [5, 5.41) is 3.13. The number of rotatable bonds is 3. The van der Waals surface area contributed by atoms with Crippen LogP contribution in [0, 0.1) is 12.7 Å². The predicted octanol–water partition coefficient (Wildman–Crippen LogP) is 4.01. The molecular formula is C15H14BrFN2O2. The number of carbonyl (C=O) groups is 1. The fourth-order valence-electron chi connectivity index (χ4n) is 1.86. The standard InChI is InChI=1S/C15H14BrFN2O2/c1-8-5-12(17)11(16)7-14(8)19-9-3-4-13(18)10(6-9)15(20)21-2/h3-7,19H,18H2,1-2H3. The van der Waals surface area contributed by atoms with Gasteiger partial charge in [-0.2, -0.15) is 0 Å². The molecule has 0 amide bonds. The molecule has 2 aromatic rings. The van der Waals surface area contributed by atoms with E-state index < -0.39 is 5.97 Å². The number of nitrogens with two attached hydrogens (primary N) is 1. The quantitative estimate of drug-likeness (QED) is 0.647. The summed E-state index contributed by atoms with van der Waals surface area (Å²) in [5.41, 5.74) is 8.49. The molecule has 0 unspecified atom stereocenters. The van der Waals surface area contributed by atoms with Crippen molar-refractivity contribution in [1.82, 2.24) is 0 Å². The Morgan fingerprint density at radius 1 is 1.33 bits per heavy atom. The maximum absolute atomic E-state index is 13.4. The van der Waals surface area contributed by atoms with Crippen molar-refractivity contribution in [3.05, 3.63) is 51.7 Å². The van der Waals surface area contributed by atoms with Gasteiger partial charge in [-0.05, 0) is 58.7 Å². The molecule has 3 N–H and O–H groups in total. The van der Waals surface area contributed by atoms with Gasteiger partial charge >= 0.3 is 5.97 Å². The highest BCUT2D eigenvalue weighted by Crippen LogP contribution is 2.28. The number of esters is 1. The van der Waals surface area contributed by atoms with Crippen molar-refractivity contribution in [3.63, 3.8) is 0 Å². The third-order valence-corrected chi connectivity index (χ3v) is 3.61. The molecule has 0 saturated heterocycles. The lowest BCUT2D eigenvalue weighted by molar-refractivity contribution is 0.0602. The lowest BCUT2D eigenvalue weighted by Crippen LogP contribution is -2.06. The molecule has 2 aromatic carbocycles. The van der Waals surface area contributed by atoms with Crippen LogP contribution in [0.5, 0.6) is 0 Å². The van der Waals surface area contributed by atoms with Gasteiger partial charge in [0.15, 0.2) is 0 Å². The lowest BCUT2D eigenvalue weighted by atomic mass is 10.1. The molecule has 0 heterocycles. The van der Waals surface area contributed by atoms with E-state index in [2.05, 4.69) is 26.0 Å². The molecule has 6 heteroatoms. The number of methoxy groups -OCH3 is 1. The average Bonchev–Trinajstić information content (AvgIpc) is 2.45. The first-order valence-corrected chi connectivity index (χ1v) is 6.92. The molecule has 0 fully saturated rings. The summed E-state index contributed by atoms with van der Waals surface area (Å²) in [6, 6.07) is 8.00. The maximum Gasteiger partial charge on any atom is 0.340 e. The normalized spacial score (nSPS) is 10.3. The number of hydrogen-bond donors (Lipinski definition) is 2. The molecule has 0 spiro atoms. The smallest absolute Gasteiger partial charge is 0.340 e. The minimum atomic E-state index is -0.506. The van der Waals surface area contributed by atoms with E-state index in [1.54, 1.807) is 31.2 Å². The number of benzene rings is 2. The second kappa shape index (κ2) is 6.13. The number of carbonyl (C=O) groups excluding carboxylic acids is 1. The van der Waals surface area contributed by atoms with Gasteiger partial charge in [-0.15, -0.1) is 0 Å². The third kappa shape index (κ3) is 3.33. The van der Waals surface area contributed by atoms with Crippen molar-refractivity contribution in [2.45, 2.75) is 6.92 Å². The van der Waals surface area contributed by atoms with E-state index in [1.165, 1.54) is 13.2 Å². The first-order valence-electron chi connectivity index (χ1n) is 6.13. The molecule has 0 saturated carbocycles. The van der Waals surface area contributed by atoms with Gasteiger partial charge in [0.2, 0.25) is 0 Å². The minimum Gasteiger partial charge on any atom is -0.465 e. The molecule has 2 rings (SSSR count). The minimum absolute atomic E-state index is 0.279. The average molecular weight is 353 g/mol. The Labute approximate surface area is 130 Å². The van der Waals surface area contributed by atoms with Gasteiger partial charge in [-0.3, -0.25) is 0 Å². The SMILES string of the molecule is COC(=O)c1cc(Nc2cc(Br)c(F)cc2C)ccc1N. The van der Waals surface area contributed by atoms with E-state index in [4.69, 9.17) is 5.73 Å². The van der Waals surface area contributed by atoms with Crippen molar-refractivity contribution in [1.29, 1.82) is 0 Å². The van der Waals surface area contributed by atoms with Gasteiger partial charge in [-0.1, -0.05) is 0 Å². The van der Waals surface area contributed by atoms with Crippen molar-refractivity contribution in [2.24, 2.45) is 0 Å². The summed E-state index contributed by atoms with van der Waals surface area (Å²) in [5.74, 6) is -0.834. The van der Waals surface area contributed by atoms with E-state index in [-0.39, 0.29) is 11.4 Å².